The largest absolute Gasteiger partial charge is 0.443 e. The average Bonchev–Trinajstić information content (AvgIpc) is 2.93. The molecular weight excluding hydrogens is 442 g/mol. The summed E-state index contributed by atoms with van der Waals surface area (Å²) in [5.74, 6) is -3.76. The molecule has 2 heterocycles. The SMILES string of the molecule is CC1C2(c3ccc(F)cc3)OC(=N)C1(C#N)C(C#N)(C#N)C(c1cccc(Cl)c1Cl)O2. The number of hydrogen-bond donors (Lipinski definition) is 1. The van der Waals surface area contributed by atoms with Gasteiger partial charge in [-0.2, -0.15) is 15.8 Å². The van der Waals surface area contributed by atoms with Crippen molar-refractivity contribution in [1.82, 2.24) is 0 Å². The van der Waals surface area contributed by atoms with Gasteiger partial charge in [-0.3, -0.25) is 5.41 Å². The van der Waals surface area contributed by atoms with Gasteiger partial charge in [-0.05, 0) is 30.3 Å². The Labute approximate surface area is 187 Å². The van der Waals surface area contributed by atoms with Crippen LogP contribution in [0.25, 0.3) is 0 Å². The molecule has 0 saturated carbocycles. The van der Waals surface area contributed by atoms with Crippen molar-refractivity contribution < 1.29 is 13.9 Å². The highest BCUT2D eigenvalue weighted by molar-refractivity contribution is 6.42. The van der Waals surface area contributed by atoms with Crippen LogP contribution in [0.5, 0.6) is 0 Å². The molecule has 2 saturated heterocycles. The van der Waals surface area contributed by atoms with Crippen LogP contribution in [0, 0.1) is 62.0 Å². The van der Waals surface area contributed by atoms with Gasteiger partial charge >= 0.3 is 0 Å². The number of nitrogens with zero attached hydrogens (tertiary/aromatic N) is 3. The molecule has 0 radical (unpaired) electrons. The highest BCUT2D eigenvalue weighted by Crippen LogP contribution is 2.69. The molecule has 154 valence electrons. The van der Waals surface area contributed by atoms with Crippen LogP contribution in [-0.4, -0.2) is 5.90 Å². The molecule has 4 atom stereocenters. The fourth-order valence-corrected chi connectivity index (χ4v) is 4.96. The van der Waals surface area contributed by atoms with E-state index in [-0.39, 0.29) is 15.6 Å². The summed E-state index contributed by atoms with van der Waals surface area (Å²) < 4.78 is 25.7. The van der Waals surface area contributed by atoms with Gasteiger partial charge in [0.05, 0.1) is 34.2 Å². The molecule has 0 spiro atoms. The Kier molecular flexibility index (Phi) is 4.72. The second-order valence-corrected chi connectivity index (χ2v) is 8.20. The Bertz CT molecular complexity index is 1220. The number of nitrogens with one attached hydrogen (secondary N) is 1. The normalized spacial score (nSPS) is 30.5. The number of rotatable bonds is 2. The fraction of sp³-hybridized carbons (Fsp3) is 0.273. The van der Waals surface area contributed by atoms with E-state index < -0.39 is 40.4 Å². The van der Waals surface area contributed by atoms with Gasteiger partial charge in [-0.15, -0.1) is 0 Å². The van der Waals surface area contributed by atoms with Crippen LogP contribution in [0.1, 0.15) is 24.2 Å². The van der Waals surface area contributed by atoms with E-state index in [1.807, 2.05) is 18.2 Å². The van der Waals surface area contributed by atoms with E-state index in [0.29, 0.717) is 5.56 Å². The van der Waals surface area contributed by atoms with Crippen LogP contribution in [0.15, 0.2) is 42.5 Å². The van der Waals surface area contributed by atoms with Gasteiger partial charge in [-0.1, -0.05) is 42.3 Å². The van der Waals surface area contributed by atoms with Crippen LogP contribution in [0.2, 0.25) is 10.0 Å². The zero-order valence-corrected chi connectivity index (χ0v) is 17.5. The van der Waals surface area contributed by atoms with Crippen molar-refractivity contribution in [2.75, 3.05) is 0 Å². The highest BCUT2D eigenvalue weighted by atomic mass is 35.5. The first-order valence-corrected chi connectivity index (χ1v) is 9.89. The maximum atomic E-state index is 13.6. The molecule has 2 fully saturated rings. The summed E-state index contributed by atoms with van der Waals surface area (Å²) in [5, 5.41) is 39.4. The molecule has 0 aliphatic carbocycles. The highest BCUT2D eigenvalue weighted by Gasteiger charge is 2.79. The lowest BCUT2D eigenvalue weighted by Crippen LogP contribution is -2.57. The summed E-state index contributed by atoms with van der Waals surface area (Å²) >= 11 is 12.6. The zero-order valence-electron chi connectivity index (χ0n) is 16.0. The van der Waals surface area contributed by atoms with Crippen molar-refractivity contribution in [3.63, 3.8) is 0 Å². The lowest BCUT2D eigenvalue weighted by Gasteiger charge is -2.49. The third kappa shape index (κ3) is 2.42. The second-order valence-electron chi connectivity index (χ2n) is 7.42. The first-order valence-electron chi connectivity index (χ1n) is 9.13. The van der Waals surface area contributed by atoms with Crippen LogP contribution in [0.4, 0.5) is 4.39 Å². The Morgan fingerprint density at radius 1 is 1.03 bits per heavy atom. The predicted molar refractivity (Wildman–Crippen MR) is 108 cm³/mol. The molecular formula is C22H13Cl2FN4O2. The first kappa shape index (κ1) is 21.1. The third-order valence-corrected chi connectivity index (χ3v) is 7.01. The van der Waals surface area contributed by atoms with Gasteiger partial charge in [0.15, 0.2) is 5.41 Å². The third-order valence-electron chi connectivity index (χ3n) is 6.18. The zero-order chi connectivity index (χ0) is 22.6. The summed E-state index contributed by atoms with van der Waals surface area (Å²) in [6, 6.07) is 15.7. The Balaban J connectivity index is 2.07. The maximum Gasteiger partial charge on any atom is 0.244 e. The minimum Gasteiger partial charge on any atom is -0.443 e. The minimum atomic E-state index is -2.17. The first-order chi connectivity index (χ1) is 14.7. The monoisotopic (exact) mass is 454 g/mol. The van der Waals surface area contributed by atoms with E-state index in [0.717, 1.165) is 0 Å². The van der Waals surface area contributed by atoms with Gasteiger partial charge in [-0.25, -0.2) is 4.39 Å². The quantitative estimate of drug-likeness (QED) is 0.665. The van der Waals surface area contributed by atoms with Gasteiger partial charge in [0.1, 0.15) is 11.9 Å². The molecule has 2 bridgehead atoms. The van der Waals surface area contributed by atoms with E-state index in [2.05, 4.69) is 0 Å². The van der Waals surface area contributed by atoms with Gasteiger partial charge in [0.25, 0.3) is 0 Å². The Morgan fingerprint density at radius 3 is 2.26 bits per heavy atom. The van der Waals surface area contributed by atoms with E-state index in [1.165, 1.54) is 36.4 Å². The summed E-state index contributed by atoms with van der Waals surface area (Å²) in [4.78, 5) is 0. The van der Waals surface area contributed by atoms with Gasteiger partial charge in [0.2, 0.25) is 17.1 Å². The topological polar surface area (TPSA) is 114 Å². The minimum absolute atomic E-state index is 0.0480. The smallest absolute Gasteiger partial charge is 0.244 e. The van der Waals surface area contributed by atoms with Crippen LogP contribution >= 0.6 is 23.2 Å². The fourth-order valence-electron chi connectivity index (χ4n) is 4.55. The van der Waals surface area contributed by atoms with Crippen LogP contribution in [-0.2, 0) is 15.3 Å². The summed E-state index contributed by atoms with van der Waals surface area (Å²) in [6.45, 7) is 1.56. The Hall–Kier alpha value is -3.15. The molecule has 1 N–H and O–H groups in total. The molecule has 0 amide bonds. The summed E-state index contributed by atoms with van der Waals surface area (Å²) in [5.41, 5.74) is -3.63. The predicted octanol–water partition coefficient (Wildman–Crippen LogP) is 5.24. The van der Waals surface area contributed by atoms with E-state index >= 15 is 0 Å². The molecule has 2 aliphatic heterocycles. The Morgan fingerprint density at radius 2 is 1.68 bits per heavy atom. The average molecular weight is 455 g/mol. The van der Waals surface area contributed by atoms with E-state index in [9.17, 15) is 20.2 Å². The molecule has 0 aromatic heterocycles. The number of nitriles is 3. The molecule has 2 aromatic carbocycles. The lowest BCUT2D eigenvalue weighted by molar-refractivity contribution is -0.288. The summed E-state index contributed by atoms with van der Waals surface area (Å²) in [6.07, 6.45) is -1.39. The molecule has 6 nitrogen and oxygen atoms in total. The number of benzene rings is 2. The number of ether oxygens (including phenoxy) is 2. The van der Waals surface area contributed by atoms with Crippen molar-refractivity contribution in [3.8, 4) is 18.2 Å². The second kappa shape index (κ2) is 6.94. The van der Waals surface area contributed by atoms with E-state index in [1.54, 1.807) is 13.0 Å². The number of hydrogen-bond acceptors (Lipinski definition) is 6. The van der Waals surface area contributed by atoms with Crippen LogP contribution < -0.4 is 0 Å². The number of halogens is 3. The van der Waals surface area contributed by atoms with Crippen molar-refractivity contribution in [2.45, 2.75) is 18.8 Å². The number of fused-ring (bicyclic) bond motifs is 2. The molecule has 4 unspecified atom stereocenters. The van der Waals surface area contributed by atoms with Crippen molar-refractivity contribution in [2.24, 2.45) is 16.7 Å². The van der Waals surface area contributed by atoms with Crippen molar-refractivity contribution in [1.29, 1.82) is 21.2 Å². The van der Waals surface area contributed by atoms with Crippen LogP contribution in [0.3, 0.4) is 0 Å². The van der Waals surface area contributed by atoms with Gasteiger partial charge in [0, 0.05) is 11.1 Å². The summed E-state index contributed by atoms with van der Waals surface area (Å²) in [7, 11) is 0. The lowest BCUT2D eigenvalue weighted by atomic mass is 9.53. The van der Waals surface area contributed by atoms with Crippen molar-refractivity contribution >= 4 is 29.1 Å². The van der Waals surface area contributed by atoms with E-state index in [4.69, 9.17) is 38.1 Å². The van der Waals surface area contributed by atoms with Gasteiger partial charge < -0.3 is 9.47 Å². The molecule has 31 heavy (non-hydrogen) atoms. The molecule has 2 aromatic rings. The molecule has 2 aliphatic rings. The maximum absolute atomic E-state index is 13.6. The standard InChI is InChI=1S/C22H13Cl2FN4O2/c1-12-21(11-28)19(29)31-22(12,13-5-7-14(25)8-6-13)30-18(20(21,9-26)10-27)15-3-2-4-16(23)17(15)24/h2-8,12,18,29H,1H3. The molecule has 4 rings (SSSR count). The molecule has 9 heteroatoms. The van der Waals surface area contributed by atoms with Crippen molar-refractivity contribution in [3.05, 3.63) is 69.5 Å².